The van der Waals surface area contributed by atoms with Gasteiger partial charge in [0.1, 0.15) is 5.56 Å². The maximum atomic E-state index is 12.7. The number of para-hydroxylation sites is 1. The first-order valence-electron chi connectivity index (χ1n) is 9.67. The zero-order chi connectivity index (χ0) is 21.0. The van der Waals surface area contributed by atoms with Crippen LogP contribution in [0, 0.1) is 6.92 Å². The van der Waals surface area contributed by atoms with Crippen LogP contribution in [0.1, 0.15) is 36.7 Å². The largest absolute Gasteiger partial charge is 0.462 e. The van der Waals surface area contributed by atoms with Gasteiger partial charge >= 0.3 is 12.0 Å². The smallest absolute Gasteiger partial charge is 0.343 e. The van der Waals surface area contributed by atoms with Gasteiger partial charge in [-0.1, -0.05) is 18.2 Å². The number of hydrogen-bond donors (Lipinski definition) is 1. The van der Waals surface area contributed by atoms with Crippen LogP contribution in [0.15, 0.2) is 36.5 Å². The fourth-order valence-corrected chi connectivity index (χ4v) is 3.13. The maximum absolute atomic E-state index is 12.7. The number of ether oxygens (including phenoxy) is 1. The molecule has 152 valence electrons. The molecular weight excluding hydrogens is 370 g/mol. The summed E-state index contributed by atoms with van der Waals surface area (Å²) in [6, 6.07) is 9.33. The number of anilines is 1. The Hall–Kier alpha value is -3.42. The SMILES string of the molecule is CCOC(=O)c1cnn(-c2cc(C)c3ccccc3n2)c1NC(=O)N(CC)CC. The van der Waals surface area contributed by atoms with E-state index < -0.39 is 5.97 Å². The summed E-state index contributed by atoms with van der Waals surface area (Å²) in [5.74, 6) is 0.195. The van der Waals surface area contributed by atoms with Crippen LogP contribution >= 0.6 is 0 Å². The molecule has 0 atom stereocenters. The monoisotopic (exact) mass is 395 g/mol. The molecule has 0 fully saturated rings. The van der Waals surface area contributed by atoms with Gasteiger partial charge in [-0.25, -0.2) is 14.6 Å². The molecule has 29 heavy (non-hydrogen) atoms. The molecular formula is C21H25N5O3. The van der Waals surface area contributed by atoms with Crippen LogP contribution in [-0.2, 0) is 4.74 Å². The molecule has 2 heterocycles. The number of pyridine rings is 1. The zero-order valence-corrected chi connectivity index (χ0v) is 17.1. The van der Waals surface area contributed by atoms with Crippen molar-refractivity contribution in [3.63, 3.8) is 0 Å². The second kappa shape index (κ2) is 8.72. The van der Waals surface area contributed by atoms with Gasteiger partial charge in [-0.3, -0.25) is 5.32 Å². The first-order valence-corrected chi connectivity index (χ1v) is 9.67. The minimum Gasteiger partial charge on any atom is -0.462 e. The summed E-state index contributed by atoms with van der Waals surface area (Å²) in [6.45, 7) is 8.79. The molecule has 8 nitrogen and oxygen atoms in total. The highest BCUT2D eigenvalue weighted by Gasteiger charge is 2.23. The van der Waals surface area contributed by atoms with Gasteiger partial charge in [-0.2, -0.15) is 9.78 Å². The van der Waals surface area contributed by atoms with E-state index in [-0.39, 0.29) is 24.0 Å². The number of esters is 1. The van der Waals surface area contributed by atoms with Crippen molar-refractivity contribution in [2.24, 2.45) is 0 Å². The lowest BCUT2D eigenvalue weighted by atomic mass is 10.1. The molecule has 2 amide bonds. The van der Waals surface area contributed by atoms with E-state index in [0.29, 0.717) is 18.9 Å². The Morgan fingerprint density at radius 2 is 1.90 bits per heavy atom. The van der Waals surface area contributed by atoms with E-state index in [9.17, 15) is 9.59 Å². The standard InChI is InChI=1S/C21H25N5O3/c1-5-25(6-2)21(28)24-19-16(20(27)29-7-3)13-22-26(19)18-12-14(4)15-10-8-9-11-17(15)23-18/h8-13H,5-7H2,1-4H3,(H,24,28). The van der Waals surface area contributed by atoms with E-state index in [0.717, 1.165) is 16.5 Å². The molecule has 0 aliphatic carbocycles. The van der Waals surface area contributed by atoms with Crippen LogP contribution in [-0.4, -0.2) is 51.4 Å². The predicted octanol–water partition coefficient (Wildman–Crippen LogP) is 3.78. The van der Waals surface area contributed by atoms with Crippen molar-refractivity contribution in [2.75, 3.05) is 25.0 Å². The Balaban J connectivity index is 2.11. The molecule has 3 rings (SSSR count). The van der Waals surface area contributed by atoms with E-state index in [1.54, 1.807) is 11.8 Å². The quantitative estimate of drug-likeness (QED) is 0.642. The van der Waals surface area contributed by atoms with Crippen molar-refractivity contribution in [1.82, 2.24) is 19.7 Å². The number of aromatic nitrogens is 3. The molecule has 0 bridgehead atoms. The summed E-state index contributed by atoms with van der Waals surface area (Å²) in [5, 5.41) is 8.17. The summed E-state index contributed by atoms with van der Waals surface area (Å²) >= 11 is 0. The van der Waals surface area contributed by atoms with Crippen LogP contribution in [0.5, 0.6) is 0 Å². The van der Waals surface area contributed by atoms with E-state index in [2.05, 4.69) is 15.4 Å². The fourth-order valence-electron chi connectivity index (χ4n) is 3.13. The van der Waals surface area contributed by atoms with E-state index in [4.69, 9.17) is 4.74 Å². The maximum Gasteiger partial charge on any atom is 0.343 e. The van der Waals surface area contributed by atoms with Gasteiger partial charge in [0.05, 0.1) is 18.3 Å². The van der Waals surface area contributed by atoms with Gasteiger partial charge in [0, 0.05) is 18.5 Å². The van der Waals surface area contributed by atoms with Crippen LogP contribution in [0.4, 0.5) is 10.6 Å². The van der Waals surface area contributed by atoms with Gasteiger partial charge in [0.25, 0.3) is 0 Å². The molecule has 0 spiro atoms. The Labute approximate surface area is 169 Å². The van der Waals surface area contributed by atoms with Gasteiger partial charge < -0.3 is 9.64 Å². The fraction of sp³-hybridized carbons (Fsp3) is 0.333. The third-order valence-corrected chi connectivity index (χ3v) is 4.67. The number of nitrogens with one attached hydrogen (secondary N) is 1. The van der Waals surface area contributed by atoms with Crippen molar-refractivity contribution >= 4 is 28.7 Å². The molecule has 0 unspecified atom stereocenters. The van der Waals surface area contributed by atoms with Crippen molar-refractivity contribution in [1.29, 1.82) is 0 Å². The van der Waals surface area contributed by atoms with Gasteiger partial charge in [0.15, 0.2) is 11.6 Å². The predicted molar refractivity (Wildman–Crippen MR) is 111 cm³/mol. The first-order chi connectivity index (χ1) is 14.0. The Morgan fingerprint density at radius 3 is 2.59 bits per heavy atom. The zero-order valence-electron chi connectivity index (χ0n) is 17.1. The Morgan fingerprint density at radius 1 is 1.17 bits per heavy atom. The van der Waals surface area contributed by atoms with E-state index in [1.807, 2.05) is 51.1 Å². The van der Waals surface area contributed by atoms with E-state index >= 15 is 0 Å². The summed E-state index contributed by atoms with van der Waals surface area (Å²) < 4.78 is 6.59. The normalized spacial score (nSPS) is 10.8. The Kier molecular flexibility index (Phi) is 6.11. The number of carbonyl (C=O) groups is 2. The minimum atomic E-state index is -0.550. The number of amides is 2. The summed E-state index contributed by atoms with van der Waals surface area (Å²) in [6.07, 6.45) is 1.39. The Bertz CT molecular complexity index is 1040. The van der Waals surface area contributed by atoms with Crippen LogP contribution in [0.3, 0.4) is 0 Å². The third kappa shape index (κ3) is 4.06. The topological polar surface area (TPSA) is 89.3 Å². The molecule has 0 aliphatic rings. The molecule has 1 N–H and O–H groups in total. The van der Waals surface area contributed by atoms with E-state index in [1.165, 1.54) is 10.9 Å². The van der Waals surface area contributed by atoms with Crippen LogP contribution < -0.4 is 5.32 Å². The van der Waals surface area contributed by atoms with Gasteiger partial charge in [-0.15, -0.1) is 0 Å². The lowest BCUT2D eigenvalue weighted by molar-refractivity contribution is 0.0527. The highest BCUT2D eigenvalue weighted by Crippen LogP contribution is 2.24. The van der Waals surface area contributed by atoms with Crippen LogP contribution in [0.2, 0.25) is 0 Å². The number of carbonyl (C=O) groups excluding carboxylic acids is 2. The number of hydrogen-bond acceptors (Lipinski definition) is 5. The van der Waals surface area contributed by atoms with Crippen LogP contribution in [0.25, 0.3) is 16.7 Å². The number of rotatable bonds is 6. The van der Waals surface area contributed by atoms with Crippen molar-refractivity contribution < 1.29 is 14.3 Å². The highest BCUT2D eigenvalue weighted by atomic mass is 16.5. The number of fused-ring (bicyclic) bond motifs is 1. The number of benzene rings is 1. The lowest BCUT2D eigenvalue weighted by Crippen LogP contribution is -2.35. The molecule has 0 aliphatic heterocycles. The lowest BCUT2D eigenvalue weighted by Gasteiger charge is -2.20. The van der Waals surface area contributed by atoms with Gasteiger partial charge in [0.2, 0.25) is 0 Å². The number of aryl methyl sites for hydroxylation is 1. The average Bonchev–Trinajstić information content (AvgIpc) is 3.12. The number of urea groups is 1. The molecule has 2 aromatic heterocycles. The summed E-state index contributed by atoms with van der Waals surface area (Å²) in [4.78, 5) is 31.4. The molecule has 0 saturated carbocycles. The summed E-state index contributed by atoms with van der Waals surface area (Å²) in [5.41, 5.74) is 2.00. The second-order valence-electron chi connectivity index (χ2n) is 6.46. The minimum absolute atomic E-state index is 0.181. The van der Waals surface area contributed by atoms with Crippen molar-refractivity contribution in [2.45, 2.75) is 27.7 Å². The molecule has 8 heteroatoms. The average molecular weight is 395 g/mol. The number of nitrogens with zero attached hydrogens (tertiary/aromatic N) is 4. The highest BCUT2D eigenvalue weighted by molar-refractivity contribution is 6.00. The third-order valence-electron chi connectivity index (χ3n) is 4.67. The van der Waals surface area contributed by atoms with Crippen molar-refractivity contribution in [3.8, 4) is 5.82 Å². The molecule has 0 saturated heterocycles. The first kappa shape index (κ1) is 20.3. The van der Waals surface area contributed by atoms with Crippen molar-refractivity contribution in [3.05, 3.63) is 47.7 Å². The summed E-state index contributed by atoms with van der Waals surface area (Å²) in [7, 11) is 0. The molecule has 1 aromatic carbocycles. The van der Waals surface area contributed by atoms with Gasteiger partial charge in [-0.05, 0) is 45.4 Å². The second-order valence-corrected chi connectivity index (χ2v) is 6.46. The molecule has 0 radical (unpaired) electrons. The molecule has 3 aromatic rings.